The van der Waals surface area contributed by atoms with Gasteiger partial charge in [-0.3, -0.25) is 4.79 Å². The highest BCUT2D eigenvalue weighted by Crippen LogP contribution is 2.20. The Morgan fingerprint density at radius 2 is 2.05 bits per heavy atom. The van der Waals surface area contributed by atoms with Gasteiger partial charge in [0.15, 0.2) is 0 Å². The smallest absolute Gasteiger partial charge is 0.226 e. The van der Waals surface area contributed by atoms with Crippen LogP contribution in [0, 0.1) is 0 Å². The van der Waals surface area contributed by atoms with Crippen molar-refractivity contribution in [1.82, 2.24) is 5.32 Å². The third-order valence-corrected chi connectivity index (χ3v) is 2.99. The van der Waals surface area contributed by atoms with Crippen molar-refractivity contribution >= 4 is 24.0 Å². The van der Waals surface area contributed by atoms with Crippen LogP contribution in [0.5, 0.6) is 5.75 Å². The van der Waals surface area contributed by atoms with E-state index in [-0.39, 0.29) is 30.0 Å². The molecule has 5 nitrogen and oxygen atoms in total. The molecule has 0 spiro atoms. The molecule has 0 saturated carbocycles. The highest BCUT2D eigenvalue weighted by Gasteiger charge is 2.17. The minimum atomic E-state index is -0.225. The number of ether oxygens (including phenoxy) is 2. The van der Waals surface area contributed by atoms with E-state index in [4.69, 9.17) is 9.47 Å². The predicted molar refractivity (Wildman–Crippen MR) is 89.9 cm³/mol. The maximum absolute atomic E-state index is 12.0. The number of benzene rings is 1. The molecule has 1 aromatic carbocycles. The maximum atomic E-state index is 12.0. The lowest BCUT2D eigenvalue weighted by atomic mass is 10.2. The van der Waals surface area contributed by atoms with Crippen molar-refractivity contribution in [2.24, 2.45) is 0 Å². The molecule has 2 N–H and O–H groups in total. The van der Waals surface area contributed by atoms with E-state index < -0.39 is 0 Å². The predicted octanol–water partition coefficient (Wildman–Crippen LogP) is 2.60. The molecule has 1 aromatic rings. The summed E-state index contributed by atoms with van der Waals surface area (Å²) in [6.07, 6.45) is 0.417. The van der Waals surface area contributed by atoms with Crippen molar-refractivity contribution < 1.29 is 14.3 Å². The van der Waals surface area contributed by atoms with Crippen LogP contribution in [0.1, 0.15) is 27.2 Å². The Bertz CT molecular complexity index is 465. The number of hydrogen-bond donors (Lipinski definition) is 2. The first-order valence-corrected chi connectivity index (χ1v) is 7.32. The van der Waals surface area contributed by atoms with E-state index in [1.165, 1.54) is 0 Å². The van der Waals surface area contributed by atoms with Crippen LogP contribution in [-0.4, -0.2) is 37.3 Å². The fraction of sp³-hybridized carbons (Fsp3) is 0.562. The molecule has 2 rings (SSSR count). The van der Waals surface area contributed by atoms with Crippen molar-refractivity contribution in [3.05, 3.63) is 24.3 Å². The second kappa shape index (κ2) is 8.36. The van der Waals surface area contributed by atoms with Gasteiger partial charge < -0.3 is 20.1 Å². The van der Waals surface area contributed by atoms with Crippen LogP contribution in [-0.2, 0) is 9.53 Å². The largest absolute Gasteiger partial charge is 0.488 e. The van der Waals surface area contributed by atoms with Gasteiger partial charge in [-0.2, -0.15) is 0 Å². The van der Waals surface area contributed by atoms with Crippen LogP contribution in [0.2, 0.25) is 0 Å². The summed E-state index contributed by atoms with van der Waals surface area (Å²) in [5, 5.41) is 6.15. The number of nitrogens with one attached hydrogen (secondary N) is 2. The van der Waals surface area contributed by atoms with Gasteiger partial charge in [-0.05, 0) is 45.0 Å². The van der Waals surface area contributed by atoms with Crippen LogP contribution >= 0.6 is 12.4 Å². The zero-order chi connectivity index (χ0) is 15.3. The van der Waals surface area contributed by atoms with Crippen LogP contribution < -0.4 is 15.4 Å². The fourth-order valence-electron chi connectivity index (χ4n) is 2.15. The zero-order valence-corrected chi connectivity index (χ0v) is 14.2. The third-order valence-electron chi connectivity index (χ3n) is 2.99. The van der Waals surface area contributed by atoms with E-state index >= 15 is 0 Å². The highest BCUT2D eigenvalue weighted by atomic mass is 35.5. The molecule has 22 heavy (non-hydrogen) atoms. The summed E-state index contributed by atoms with van der Waals surface area (Å²) in [4.78, 5) is 12.0. The van der Waals surface area contributed by atoms with Crippen LogP contribution in [0.3, 0.4) is 0 Å². The Balaban J connectivity index is 0.00000242. The lowest BCUT2D eigenvalue weighted by Crippen LogP contribution is -2.43. The molecule has 0 aromatic heterocycles. The monoisotopic (exact) mass is 328 g/mol. The Kier molecular flexibility index (Phi) is 7.13. The van der Waals surface area contributed by atoms with Crippen LogP contribution in [0.15, 0.2) is 24.3 Å². The maximum Gasteiger partial charge on any atom is 0.226 e. The molecule has 1 fully saturated rings. The standard InChI is InChI=1S/C16H24N2O3.ClH/c1-16(2,3)21-14-6-4-12(5-7-14)18-15(19)10-13-11-20-9-8-17-13;/h4-7,13,17H,8-11H2,1-3H3,(H,18,19);1H. The molecule has 6 heteroatoms. The number of morpholine rings is 1. The van der Waals surface area contributed by atoms with E-state index in [0.29, 0.717) is 19.6 Å². The molecule has 1 aliphatic rings. The molecular formula is C16H25ClN2O3. The van der Waals surface area contributed by atoms with Crippen LogP contribution in [0.25, 0.3) is 0 Å². The summed E-state index contributed by atoms with van der Waals surface area (Å²) in [5.74, 6) is 0.783. The van der Waals surface area contributed by atoms with Gasteiger partial charge in [0.25, 0.3) is 0 Å². The number of amides is 1. The average molecular weight is 329 g/mol. The number of hydrogen-bond acceptors (Lipinski definition) is 4. The summed E-state index contributed by atoms with van der Waals surface area (Å²) < 4.78 is 11.1. The van der Waals surface area contributed by atoms with E-state index in [1.807, 2.05) is 45.0 Å². The Hall–Kier alpha value is -1.30. The molecule has 1 atom stereocenters. The lowest BCUT2D eigenvalue weighted by Gasteiger charge is -2.23. The number of anilines is 1. The third kappa shape index (κ3) is 6.64. The van der Waals surface area contributed by atoms with Gasteiger partial charge in [0.1, 0.15) is 11.4 Å². The molecule has 1 heterocycles. The number of carbonyl (C=O) groups excluding carboxylic acids is 1. The molecular weight excluding hydrogens is 304 g/mol. The van der Waals surface area contributed by atoms with Gasteiger partial charge in [-0.15, -0.1) is 12.4 Å². The summed E-state index contributed by atoms with van der Waals surface area (Å²) >= 11 is 0. The molecule has 0 aliphatic carbocycles. The summed E-state index contributed by atoms with van der Waals surface area (Å²) in [6, 6.07) is 7.53. The number of halogens is 1. The summed E-state index contributed by atoms with van der Waals surface area (Å²) in [5.41, 5.74) is 0.551. The molecule has 1 unspecified atom stereocenters. The molecule has 124 valence electrons. The zero-order valence-electron chi connectivity index (χ0n) is 13.3. The number of rotatable bonds is 4. The lowest BCUT2D eigenvalue weighted by molar-refractivity contribution is -0.117. The van der Waals surface area contributed by atoms with Crippen molar-refractivity contribution in [3.63, 3.8) is 0 Å². The van der Waals surface area contributed by atoms with Crippen molar-refractivity contribution in [3.8, 4) is 5.75 Å². The Morgan fingerprint density at radius 1 is 1.36 bits per heavy atom. The highest BCUT2D eigenvalue weighted by molar-refractivity contribution is 5.91. The van der Waals surface area contributed by atoms with Gasteiger partial charge in [-0.1, -0.05) is 0 Å². The minimum absolute atomic E-state index is 0. The van der Waals surface area contributed by atoms with Gasteiger partial charge >= 0.3 is 0 Å². The molecule has 0 bridgehead atoms. The average Bonchev–Trinajstić information content (AvgIpc) is 2.40. The normalized spacial score (nSPS) is 18.2. The fourth-order valence-corrected chi connectivity index (χ4v) is 2.15. The van der Waals surface area contributed by atoms with Gasteiger partial charge in [0, 0.05) is 24.7 Å². The molecule has 1 amide bonds. The first-order chi connectivity index (χ1) is 9.92. The summed E-state index contributed by atoms with van der Waals surface area (Å²) in [6.45, 7) is 8.11. The SMILES string of the molecule is CC(C)(C)Oc1ccc(NC(=O)CC2COCCN2)cc1.Cl. The minimum Gasteiger partial charge on any atom is -0.488 e. The molecule has 1 saturated heterocycles. The van der Waals surface area contributed by atoms with Gasteiger partial charge in [0.2, 0.25) is 5.91 Å². The van der Waals surface area contributed by atoms with Crippen molar-refractivity contribution in [1.29, 1.82) is 0 Å². The first-order valence-electron chi connectivity index (χ1n) is 7.32. The molecule has 0 radical (unpaired) electrons. The molecule has 1 aliphatic heterocycles. The van der Waals surface area contributed by atoms with Crippen molar-refractivity contribution in [2.45, 2.75) is 38.8 Å². The van der Waals surface area contributed by atoms with E-state index in [9.17, 15) is 4.79 Å². The van der Waals surface area contributed by atoms with Crippen molar-refractivity contribution in [2.75, 3.05) is 25.1 Å². The summed E-state index contributed by atoms with van der Waals surface area (Å²) in [7, 11) is 0. The van der Waals surface area contributed by atoms with E-state index in [1.54, 1.807) is 0 Å². The van der Waals surface area contributed by atoms with E-state index in [0.717, 1.165) is 18.0 Å². The Morgan fingerprint density at radius 3 is 2.59 bits per heavy atom. The van der Waals surface area contributed by atoms with Crippen LogP contribution in [0.4, 0.5) is 5.69 Å². The second-order valence-electron chi connectivity index (χ2n) is 6.22. The second-order valence-corrected chi connectivity index (χ2v) is 6.22. The number of carbonyl (C=O) groups is 1. The quantitative estimate of drug-likeness (QED) is 0.892. The van der Waals surface area contributed by atoms with Gasteiger partial charge in [-0.25, -0.2) is 0 Å². The Labute approximate surface area is 138 Å². The first kappa shape index (κ1) is 18.7. The van der Waals surface area contributed by atoms with E-state index in [2.05, 4.69) is 10.6 Å². The van der Waals surface area contributed by atoms with Gasteiger partial charge in [0.05, 0.1) is 13.2 Å². The topological polar surface area (TPSA) is 59.6 Å².